The van der Waals surface area contributed by atoms with E-state index in [4.69, 9.17) is 0 Å². The highest BCUT2D eigenvalue weighted by atomic mass is 16.2. The normalized spacial score (nSPS) is 21.8. The van der Waals surface area contributed by atoms with Gasteiger partial charge in [-0.2, -0.15) is 0 Å². The number of amides is 2. The van der Waals surface area contributed by atoms with E-state index >= 15 is 0 Å². The first-order valence-corrected chi connectivity index (χ1v) is 10.6. The van der Waals surface area contributed by atoms with E-state index < -0.39 is 0 Å². The number of urea groups is 1. The van der Waals surface area contributed by atoms with Crippen molar-refractivity contribution in [1.82, 2.24) is 20.1 Å². The van der Waals surface area contributed by atoms with Gasteiger partial charge < -0.3 is 20.0 Å². The van der Waals surface area contributed by atoms with Crippen molar-refractivity contribution in [2.24, 2.45) is 5.92 Å². The van der Waals surface area contributed by atoms with E-state index in [0.717, 1.165) is 51.4 Å². The standard InChI is InChI=1S/C21H35N5O/c1-3-9-24-10-4-6-19(17-24)16-23-21(27)26-12-5-11-25(13-14-26)20-7-8-22-18(2)15-20/h7-8,15,19H,3-6,9-14,16-17H2,1-2H3,(H,23,27). The zero-order chi connectivity index (χ0) is 19.1. The monoisotopic (exact) mass is 373 g/mol. The van der Waals surface area contributed by atoms with Crippen LogP contribution in [-0.2, 0) is 0 Å². The Morgan fingerprint density at radius 2 is 2.11 bits per heavy atom. The topological polar surface area (TPSA) is 51.7 Å². The minimum absolute atomic E-state index is 0.107. The van der Waals surface area contributed by atoms with Crippen molar-refractivity contribution in [3.63, 3.8) is 0 Å². The molecular formula is C21H35N5O. The Balaban J connectivity index is 1.45. The molecule has 0 saturated carbocycles. The molecular weight excluding hydrogens is 338 g/mol. The van der Waals surface area contributed by atoms with Crippen LogP contribution in [0, 0.1) is 12.8 Å². The molecule has 1 aromatic heterocycles. The Labute approximate surface area is 163 Å². The highest BCUT2D eigenvalue weighted by Crippen LogP contribution is 2.18. The molecule has 2 saturated heterocycles. The Hall–Kier alpha value is -1.82. The lowest BCUT2D eigenvalue weighted by molar-refractivity contribution is 0.166. The summed E-state index contributed by atoms with van der Waals surface area (Å²) in [6.45, 7) is 12.1. The van der Waals surface area contributed by atoms with Gasteiger partial charge in [-0.15, -0.1) is 0 Å². The SMILES string of the molecule is CCCN1CCCC(CNC(=O)N2CCCN(c3ccnc(C)c3)CC2)C1. The fourth-order valence-electron chi connectivity index (χ4n) is 4.29. The molecule has 3 heterocycles. The molecule has 0 bridgehead atoms. The van der Waals surface area contributed by atoms with Gasteiger partial charge in [-0.25, -0.2) is 4.79 Å². The largest absolute Gasteiger partial charge is 0.370 e. The Kier molecular flexibility index (Phi) is 7.33. The van der Waals surface area contributed by atoms with Gasteiger partial charge in [0.2, 0.25) is 0 Å². The van der Waals surface area contributed by atoms with Crippen LogP contribution in [-0.4, -0.2) is 73.2 Å². The van der Waals surface area contributed by atoms with Crippen LogP contribution in [0.3, 0.4) is 0 Å². The van der Waals surface area contributed by atoms with E-state index in [9.17, 15) is 4.79 Å². The van der Waals surface area contributed by atoms with Crippen LogP contribution in [0.5, 0.6) is 0 Å². The van der Waals surface area contributed by atoms with Crippen LogP contribution < -0.4 is 10.2 Å². The van der Waals surface area contributed by atoms with Gasteiger partial charge in [0.1, 0.15) is 0 Å². The van der Waals surface area contributed by atoms with Crippen LogP contribution in [0.1, 0.15) is 38.3 Å². The van der Waals surface area contributed by atoms with E-state index in [0.29, 0.717) is 5.92 Å². The molecule has 2 fully saturated rings. The maximum atomic E-state index is 12.7. The Bertz CT molecular complexity index is 606. The molecule has 0 aliphatic carbocycles. The lowest BCUT2D eigenvalue weighted by Gasteiger charge is -2.33. The molecule has 3 rings (SSSR count). The van der Waals surface area contributed by atoms with Crippen molar-refractivity contribution >= 4 is 11.7 Å². The number of aromatic nitrogens is 1. The highest BCUT2D eigenvalue weighted by Gasteiger charge is 2.22. The maximum Gasteiger partial charge on any atom is 0.317 e. The molecule has 150 valence electrons. The van der Waals surface area contributed by atoms with Gasteiger partial charge in [-0.1, -0.05) is 6.92 Å². The summed E-state index contributed by atoms with van der Waals surface area (Å²) in [5.74, 6) is 0.595. The number of aryl methyl sites for hydroxylation is 1. The number of anilines is 1. The van der Waals surface area contributed by atoms with Gasteiger partial charge in [0, 0.05) is 56.8 Å². The number of nitrogens with one attached hydrogen (secondary N) is 1. The van der Waals surface area contributed by atoms with E-state index in [-0.39, 0.29) is 6.03 Å². The number of pyridine rings is 1. The molecule has 6 heteroatoms. The predicted octanol–water partition coefficient (Wildman–Crippen LogP) is 2.73. The van der Waals surface area contributed by atoms with Crippen molar-refractivity contribution < 1.29 is 4.79 Å². The first-order valence-electron chi connectivity index (χ1n) is 10.6. The molecule has 2 aliphatic rings. The van der Waals surface area contributed by atoms with Crippen molar-refractivity contribution in [2.45, 2.75) is 39.5 Å². The second kappa shape index (κ2) is 9.93. The van der Waals surface area contributed by atoms with Crippen LogP contribution in [0.25, 0.3) is 0 Å². The smallest absolute Gasteiger partial charge is 0.317 e. The minimum Gasteiger partial charge on any atom is -0.370 e. The molecule has 1 aromatic rings. The number of carbonyl (C=O) groups excluding carboxylic acids is 1. The fourth-order valence-corrected chi connectivity index (χ4v) is 4.29. The summed E-state index contributed by atoms with van der Waals surface area (Å²) in [5, 5.41) is 3.21. The van der Waals surface area contributed by atoms with E-state index in [1.165, 1.54) is 38.0 Å². The van der Waals surface area contributed by atoms with Gasteiger partial charge in [-0.3, -0.25) is 4.98 Å². The number of piperidine rings is 1. The number of nitrogens with zero attached hydrogens (tertiary/aromatic N) is 4. The Morgan fingerprint density at radius 1 is 1.22 bits per heavy atom. The zero-order valence-electron chi connectivity index (χ0n) is 17.0. The van der Waals surface area contributed by atoms with Crippen molar-refractivity contribution in [2.75, 3.05) is 57.3 Å². The van der Waals surface area contributed by atoms with Crippen molar-refractivity contribution in [1.29, 1.82) is 0 Å². The van der Waals surface area contributed by atoms with Crippen LogP contribution >= 0.6 is 0 Å². The van der Waals surface area contributed by atoms with Gasteiger partial charge >= 0.3 is 6.03 Å². The molecule has 1 N–H and O–H groups in total. The summed E-state index contributed by atoms with van der Waals surface area (Å²) >= 11 is 0. The van der Waals surface area contributed by atoms with Crippen molar-refractivity contribution in [3.8, 4) is 0 Å². The summed E-state index contributed by atoms with van der Waals surface area (Å²) in [6, 6.07) is 4.30. The van der Waals surface area contributed by atoms with E-state index in [2.05, 4.69) is 39.2 Å². The number of likely N-dealkylation sites (tertiary alicyclic amines) is 1. The second-order valence-corrected chi connectivity index (χ2v) is 7.98. The molecule has 6 nitrogen and oxygen atoms in total. The number of carbonyl (C=O) groups is 1. The highest BCUT2D eigenvalue weighted by molar-refractivity contribution is 5.74. The molecule has 0 radical (unpaired) electrons. The van der Waals surface area contributed by atoms with Crippen molar-refractivity contribution in [3.05, 3.63) is 24.0 Å². The molecule has 2 amide bonds. The molecule has 2 aliphatic heterocycles. The van der Waals surface area contributed by atoms with Crippen LogP contribution in [0.15, 0.2) is 18.3 Å². The fraction of sp³-hybridized carbons (Fsp3) is 0.714. The van der Waals surface area contributed by atoms with E-state index in [1.807, 2.05) is 18.0 Å². The lowest BCUT2D eigenvalue weighted by atomic mass is 9.98. The molecule has 1 atom stereocenters. The summed E-state index contributed by atoms with van der Waals surface area (Å²) in [5.41, 5.74) is 2.25. The number of hydrogen-bond acceptors (Lipinski definition) is 4. The average Bonchev–Trinajstić information content (AvgIpc) is 2.93. The van der Waals surface area contributed by atoms with Crippen LogP contribution in [0.2, 0.25) is 0 Å². The van der Waals surface area contributed by atoms with Gasteiger partial charge in [-0.05, 0) is 63.7 Å². The number of hydrogen-bond donors (Lipinski definition) is 1. The third kappa shape index (κ3) is 5.83. The summed E-state index contributed by atoms with van der Waals surface area (Å²) in [6.07, 6.45) is 6.56. The predicted molar refractivity (Wildman–Crippen MR) is 110 cm³/mol. The summed E-state index contributed by atoms with van der Waals surface area (Å²) in [7, 11) is 0. The zero-order valence-corrected chi connectivity index (χ0v) is 17.0. The summed E-state index contributed by atoms with van der Waals surface area (Å²) in [4.78, 5) is 23.8. The van der Waals surface area contributed by atoms with Gasteiger partial charge in [0.15, 0.2) is 0 Å². The Morgan fingerprint density at radius 3 is 2.93 bits per heavy atom. The molecule has 1 unspecified atom stereocenters. The molecule has 0 spiro atoms. The number of rotatable bonds is 5. The third-order valence-electron chi connectivity index (χ3n) is 5.71. The second-order valence-electron chi connectivity index (χ2n) is 7.98. The maximum absolute atomic E-state index is 12.7. The summed E-state index contributed by atoms with van der Waals surface area (Å²) < 4.78 is 0. The van der Waals surface area contributed by atoms with Gasteiger partial charge in [0.25, 0.3) is 0 Å². The quantitative estimate of drug-likeness (QED) is 0.862. The van der Waals surface area contributed by atoms with Crippen LogP contribution in [0.4, 0.5) is 10.5 Å². The average molecular weight is 374 g/mol. The molecule has 0 aromatic carbocycles. The molecule has 27 heavy (non-hydrogen) atoms. The lowest BCUT2D eigenvalue weighted by Crippen LogP contribution is -2.46. The first-order chi connectivity index (χ1) is 13.2. The van der Waals surface area contributed by atoms with E-state index in [1.54, 1.807) is 0 Å². The minimum atomic E-state index is 0.107. The third-order valence-corrected chi connectivity index (χ3v) is 5.71. The first kappa shape index (κ1) is 19.9. The van der Waals surface area contributed by atoms with Gasteiger partial charge in [0.05, 0.1) is 0 Å².